The second-order valence-electron chi connectivity index (χ2n) is 7.85. The summed E-state index contributed by atoms with van der Waals surface area (Å²) in [5.74, 6) is 1.38. The number of likely N-dealkylation sites (tertiary alicyclic amines) is 1. The van der Waals surface area contributed by atoms with E-state index < -0.39 is 0 Å². The Hall–Kier alpha value is -3.09. The van der Waals surface area contributed by atoms with Crippen LogP contribution in [0.15, 0.2) is 48.7 Å². The lowest BCUT2D eigenvalue weighted by Gasteiger charge is -2.35. The smallest absolute Gasteiger partial charge is 0.260 e. The first-order valence-electron chi connectivity index (χ1n) is 10.6. The second-order valence-corrected chi connectivity index (χ2v) is 7.85. The number of para-hydroxylation sites is 1. The molecule has 1 aliphatic carbocycles. The maximum atomic E-state index is 12.8. The summed E-state index contributed by atoms with van der Waals surface area (Å²) >= 11 is 0. The minimum absolute atomic E-state index is 0.131. The van der Waals surface area contributed by atoms with Gasteiger partial charge in [0.2, 0.25) is 5.91 Å². The molecule has 1 N–H and O–H groups in total. The summed E-state index contributed by atoms with van der Waals surface area (Å²) in [7, 11) is 1.55. The molecule has 4 rings (SSSR count). The number of benzene rings is 1. The van der Waals surface area contributed by atoms with Crippen molar-refractivity contribution in [1.29, 1.82) is 0 Å². The van der Waals surface area contributed by atoms with Crippen LogP contribution < -0.4 is 10.1 Å². The Morgan fingerprint density at radius 3 is 2.63 bits per heavy atom. The number of hydrogen-bond donors (Lipinski definition) is 1. The first-order valence-corrected chi connectivity index (χ1v) is 10.6. The van der Waals surface area contributed by atoms with Crippen molar-refractivity contribution in [1.82, 2.24) is 14.7 Å². The number of amides is 2. The molecule has 1 atom stereocenters. The van der Waals surface area contributed by atoms with E-state index in [4.69, 9.17) is 4.74 Å². The van der Waals surface area contributed by atoms with Gasteiger partial charge in [0.05, 0.1) is 24.9 Å². The molecule has 2 aromatic rings. The van der Waals surface area contributed by atoms with Gasteiger partial charge in [-0.15, -0.1) is 0 Å². The number of methoxy groups -OCH3 is 1. The molecule has 2 aliphatic rings. The average Bonchev–Trinajstić information content (AvgIpc) is 3.27. The standard InChI is InChI=1S/C23H28N4O3/c1-30-20-10-6-5-9-19(20)22(28)25-21-11-14-24-27(21)18-12-15-26(16-13-18)23(29)17-7-3-2-4-8-17/h2-3,5-6,9-11,14,17-18H,4,7-8,12-13,15-16H2,1H3,(H,25,28)/t17-/m0/s1. The van der Waals surface area contributed by atoms with Gasteiger partial charge in [0.15, 0.2) is 0 Å². The third kappa shape index (κ3) is 4.25. The van der Waals surface area contributed by atoms with E-state index in [9.17, 15) is 9.59 Å². The summed E-state index contributed by atoms with van der Waals surface area (Å²) in [6.45, 7) is 1.45. The summed E-state index contributed by atoms with van der Waals surface area (Å²) in [5, 5.41) is 7.40. The summed E-state index contributed by atoms with van der Waals surface area (Å²) in [4.78, 5) is 27.5. The molecule has 7 nitrogen and oxygen atoms in total. The lowest BCUT2D eigenvalue weighted by atomic mass is 9.92. The molecule has 30 heavy (non-hydrogen) atoms. The van der Waals surface area contributed by atoms with Gasteiger partial charge in [0, 0.05) is 25.1 Å². The fourth-order valence-corrected chi connectivity index (χ4v) is 4.33. The minimum atomic E-state index is -0.229. The number of carbonyl (C=O) groups excluding carboxylic acids is 2. The number of nitrogens with zero attached hydrogens (tertiary/aromatic N) is 3. The molecule has 0 saturated carbocycles. The molecule has 1 saturated heterocycles. The average molecular weight is 409 g/mol. The van der Waals surface area contributed by atoms with Gasteiger partial charge < -0.3 is 15.0 Å². The van der Waals surface area contributed by atoms with Crippen LogP contribution in [-0.4, -0.2) is 46.7 Å². The Bertz CT molecular complexity index is 928. The summed E-state index contributed by atoms with van der Waals surface area (Å²) in [6.07, 6.45) is 10.4. The normalized spacial score (nSPS) is 19.5. The number of allylic oxidation sites excluding steroid dienone is 2. The van der Waals surface area contributed by atoms with Crippen molar-refractivity contribution in [2.45, 2.75) is 38.1 Å². The zero-order valence-electron chi connectivity index (χ0n) is 17.3. The third-order valence-corrected chi connectivity index (χ3v) is 6.00. The Morgan fingerprint density at radius 1 is 1.10 bits per heavy atom. The molecular weight excluding hydrogens is 380 g/mol. The van der Waals surface area contributed by atoms with Crippen molar-refractivity contribution in [3.05, 3.63) is 54.2 Å². The van der Waals surface area contributed by atoms with Crippen molar-refractivity contribution < 1.29 is 14.3 Å². The Labute approximate surface area is 176 Å². The van der Waals surface area contributed by atoms with Crippen LogP contribution in [0.1, 0.15) is 48.5 Å². The van der Waals surface area contributed by atoms with Gasteiger partial charge in [-0.3, -0.25) is 9.59 Å². The highest BCUT2D eigenvalue weighted by Gasteiger charge is 2.29. The molecule has 7 heteroatoms. The van der Waals surface area contributed by atoms with Crippen LogP contribution in [0.3, 0.4) is 0 Å². The zero-order valence-corrected chi connectivity index (χ0v) is 17.3. The predicted octanol–water partition coefficient (Wildman–Crippen LogP) is 3.66. The number of hydrogen-bond acceptors (Lipinski definition) is 4. The summed E-state index contributed by atoms with van der Waals surface area (Å²) < 4.78 is 7.16. The number of aromatic nitrogens is 2. The van der Waals surface area contributed by atoms with E-state index in [1.807, 2.05) is 21.7 Å². The molecule has 2 heterocycles. The maximum Gasteiger partial charge on any atom is 0.260 e. The zero-order chi connectivity index (χ0) is 20.9. The largest absolute Gasteiger partial charge is 0.496 e. The molecule has 0 radical (unpaired) electrons. The van der Waals surface area contributed by atoms with Gasteiger partial charge in [-0.25, -0.2) is 4.68 Å². The van der Waals surface area contributed by atoms with Crippen molar-refractivity contribution in [3.63, 3.8) is 0 Å². The van der Waals surface area contributed by atoms with Gasteiger partial charge in [-0.2, -0.15) is 5.10 Å². The minimum Gasteiger partial charge on any atom is -0.496 e. The fourth-order valence-electron chi connectivity index (χ4n) is 4.33. The summed E-state index contributed by atoms with van der Waals surface area (Å²) in [6, 6.07) is 9.10. The third-order valence-electron chi connectivity index (χ3n) is 6.00. The van der Waals surface area contributed by atoms with Crippen LogP contribution >= 0.6 is 0 Å². The predicted molar refractivity (Wildman–Crippen MR) is 115 cm³/mol. The molecule has 1 aliphatic heterocycles. The fraction of sp³-hybridized carbons (Fsp3) is 0.435. The number of ether oxygens (including phenoxy) is 1. The first kappa shape index (κ1) is 20.2. The monoisotopic (exact) mass is 408 g/mol. The van der Waals surface area contributed by atoms with Crippen LogP contribution in [0.4, 0.5) is 5.82 Å². The van der Waals surface area contributed by atoms with E-state index in [1.54, 1.807) is 31.5 Å². The van der Waals surface area contributed by atoms with Gasteiger partial charge in [0.25, 0.3) is 5.91 Å². The topological polar surface area (TPSA) is 76.5 Å². The van der Waals surface area contributed by atoms with E-state index in [1.165, 1.54) is 0 Å². The number of carbonyl (C=O) groups is 2. The first-order chi connectivity index (χ1) is 14.7. The lowest BCUT2D eigenvalue weighted by molar-refractivity contribution is -0.137. The van der Waals surface area contributed by atoms with Crippen molar-refractivity contribution in [2.75, 3.05) is 25.5 Å². The number of rotatable bonds is 5. The molecule has 158 valence electrons. The Morgan fingerprint density at radius 2 is 1.90 bits per heavy atom. The molecule has 0 spiro atoms. The van der Waals surface area contributed by atoms with Crippen molar-refractivity contribution in [2.24, 2.45) is 5.92 Å². The van der Waals surface area contributed by atoms with Crippen LogP contribution in [-0.2, 0) is 4.79 Å². The maximum absolute atomic E-state index is 12.8. The molecule has 2 amide bonds. The molecule has 1 aromatic heterocycles. The van der Waals surface area contributed by atoms with E-state index >= 15 is 0 Å². The van der Waals surface area contributed by atoms with Gasteiger partial charge >= 0.3 is 0 Å². The Kier molecular flexibility index (Phi) is 6.16. The van der Waals surface area contributed by atoms with Crippen LogP contribution in [0.25, 0.3) is 0 Å². The Balaban J connectivity index is 1.39. The van der Waals surface area contributed by atoms with Gasteiger partial charge in [-0.05, 0) is 44.2 Å². The van der Waals surface area contributed by atoms with E-state index in [0.717, 1.165) is 45.2 Å². The van der Waals surface area contributed by atoms with Crippen LogP contribution in [0.2, 0.25) is 0 Å². The highest BCUT2D eigenvalue weighted by atomic mass is 16.5. The molecule has 0 unspecified atom stereocenters. The highest BCUT2D eigenvalue weighted by molar-refractivity contribution is 6.05. The number of anilines is 1. The van der Waals surface area contributed by atoms with E-state index in [-0.39, 0.29) is 23.8 Å². The van der Waals surface area contributed by atoms with Crippen molar-refractivity contribution >= 4 is 17.6 Å². The SMILES string of the molecule is COc1ccccc1C(=O)Nc1ccnn1C1CCN(C(=O)[C@H]2CC=CCC2)CC1. The summed E-state index contributed by atoms with van der Waals surface area (Å²) in [5.41, 5.74) is 0.481. The van der Waals surface area contributed by atoms with Crippen molar-refractivity contribution in [3.8, 4) is 5.75 Å². The van der Waals surface area contributed by atoms with Gasteiger partial charge in [-0.1, -0.05) is 24.3 Å². The molecule has 1 aromatic carbocycles. The molecule has 0 bridgehead atoms. The number of piperidine rings is 1. The molecule has 1 fully saturated rings. The quantitative estimate of drug-likeness (QED) is 0.766. The number of nitrogens with one attached hydrogen (secondary N) is 1. The van der Waals surface area contributed by atoms with Gasteiger partial charge in [0.1, 0.15) is 11.6 Å². The lowest BCUT2D eigenvalue weighted by Crippen LogP contribution is -2.42. The highest BCUT2D eigenvalue weighted by Crippen LogP contribution is 2.29. The van der Waals surface area contributed by atoms with Crippen LogP contribution in [0, 0.1) is 5.92 Å². The van der Waals surface area contributed by atoms with E-state index in [0.29, 0.717) is 17.1 Å². The second kappa shape index (κ2) is 9.15. The van der Waals surface area contributed by atoms with E-state index in [2.05, 4.69) is 22.6 Å². The van der Waals surface area contributed by atoms with Crippen LogP contribution in [0.5, 0.6) is 5.75 Å². The molecular formula is C23H28N4O3.